The Balaban J connectivity index is 2.17. The Labute approximate surface area is 92.6 Å². The van der Waals surface area contributed by atoms with Crippen LogP contribution in [0.1, 0.15) is 52.9 Å². The zero-order chi connectivity index (χ0) is 11.3. The number of ether oxygens (including phenoxy) is 1. The molecule has 1 N–H and O–H groups in total. The molecule has 0 heterocycles. The van der Waals surface area contributed by atoms with Crippen molar-refractivity contribution in [2.24, 2.45) is 0 Å². The number of hydrogen-bond donors (Lipinski definition) is 1. The van der Waals surface area contributed by atoms with E-state index in [-0.39, 0.29) is 18.1 Å². The molecule has 15 heavy (non-hydrogen) atoms. The minimum absolute atomic E-state index is 0.0248. The molecule has 0 aromatic carbocycles. The Bertz CT molecular complexity index is 202. The van der Waals surface area contributed by atoms with Crippen molar-refractivity contribution >= 4 is 5.91 Å². The molecule has 88 valence electrons. The average molecular weight is 213 g/mol. The molecule has 0 spiro atoms. The number of carbonyl (C=O) groups excluding carboxylic acids is 1. The second kappa shape index (κ2) is 5.50. The number of nitrogens with one attached hydrogen (secondary N) is 1. The summed E-state index contributed by atoms with van der Waals surface area (Å²) in [6.45, 7) is 6.06. The van der Waals surface area contributed by atoms with E-state index in [1.54, 1.807) is 0 Å². The van der Waals surface area contributed by atoms with E-state index < -0.39 is 0 Å². The van der Waals surface area contributed by atoms with E-state index in [0.717, 1.165) is 12.8 Å². The number of amides is 1. The van der Waals surface area contributed by atoms with Gasteiger partial charge in [0, 0.05) is 6.04 Å². The molecule has 3 nitrogen and oxygen atoms in total. The predicted molar refractivity (Wildman–Crippen MR) is 60.7 cm³/mol. The first-order chi connectivity index (χ1) is 6.97. The molecule has 0 saturated heterocycles. The molecule has 1 rings (SSSR count). The highest BCUT2D eigenvalue weighted by Gasteiger charge is 2.17. The topological polar surface area (TPSA) is 38.3 Å². The van der Waals surface area contributed by atoms with Gasteiger partial charge in [-0.25, -0.2) is 0 Å². The van der Waals surface area contributed by atoms with Crippen LogP contribution in [0.15, 0.2) is 0 Å². The van der Waals surface area contributed by atoms with Crippen molar-refractivity contribution < 1.29 is 9.53 Å². The van der Waals surface area contributed by atoms with Gasteiger partial charge in [0.2, 0.25) is 5.91 Å². The summed E-state index contributed by atoms with van der Waals surface area (Å²) in [5, 5.41) is 3.03. The fourth-order valence-electron chi connectivity index (χ4n) is 1.80. The maximum atomic E-state index is 11.5. The van der Waals surface area contributed by atoms with Crippen LogP contribution in [0.2, 0.25) is 0 Å². The Morgan fingerprint density at radius 1 is 1.27 bits per heavy atom. The van der Waals surface area contributed by atoms with Crippen molar-refractivity contribution in [3.8, 4) is 0 Å². The molecule has 1 aliphatic carbocycles. The normalized spacial score (nSPS) is 18.9. The zero-order valence-electron chi connectivity index (χ0n) is 10.1. The first-order valence-corrected chi connectivity index (χ1v) is 5.91. The monoisotopic (exact) mass is 213 g/mol. The van der Waals surface area contributed by atoms with E-state index >= 15 is 0 Å². The molecule has 3 heteroatoms. The second-order valence-electron chi connectivity index (χ2n) is 5.30. The van der Waals surface area contributed by atoms with E-state index in [4.69, 9.17) is 4.74 Å². The molecule has 0 atom stereocenters. The summed E-state index contributed by atoms with van der Waals surface area (Å²) in [5.74, 6) is 0.0248. The van der Waals surface area contributed by atoms with Gasteiger partial charge in [-0.3, -0.25) is 4.79 Å². The molecule has 1 fully saturated rings. The lowest BCUT2D eigenvalue weighted by Gasteiger charge is -2.24. The van der Waals surface area contributed by atoms with Crippen molar-refractivity contribution in [1.82, 2.24) is 5.32 Å². The second-order valence-corrected chi connectivity index (χ2v) is 5.30. The molecule has 0 aromatic heterocycles. The van der Waals surface area contributed by atoms with Gasteiger partial charge >= 0.3 is 0 Å². The molecule has 1 amide bonds. The summed E-state index contributed by atoms with van der Waals surface area (Å²) >= 11 is 0. The van der Waals surface area contributed by atoms with Crippen LogP contribution in [-0.2, 0) is 9.53 Å². The maximum Gasteiger partial charge on any atom is 0.246 e. The molecule has 0 unspecified atom stereocenters. The van der Waals surface area contributed by atoms with Crippen LogP contribution in [0.5, 0.6) is 0 Å². The summed E-state index contributed by atoms with van der Waals surface area (Å²) in [5.41, 5.74) is -0.232. The van der Waals surface area contributed by atoms with E-state index in [9.17, 15) is 4.79 Å². The van der Waals surface area contributed by atoms with Gasteiger partial charge in [-0.2, -0.15) is 0 Å². The van der Waals surface area contributed by atoms with Gasteiger partial charge in [-0.05, 0) is 33.6 Å². The van der Waals surface area contributed by atoms with Gasteiger partial charge in [-0.15, -0.1) is 0 Å². The van der Waals surface area contributed by atoms with Crippen molar-refractivity contribution in [3.63, 3.8) is 0 Å². The predicted octanol–water partition coefficient (Wildman–Crippen LogP) is 2.25. The van der Waals surface area contributed by atoms with Gasteiger partial charge in [0.15, 0.2) is 0 Å². The Hall–Kier alpha value is -0.570. The highest BCUT2D eigenvalue weighted by atomic mass is 16.5. The van der Waals surface area contributed by atoms with E-state index in [0.29, 0.717) is 6.04 Å². The average Bonchev–Trinajstić information content (AvgIpc) is 2.15. The van der Waals surface area contributed by atoms with Crippen LogP contribution in [-0.4, -0.2) is 24.2 Å². The standard InChI is InChI=1S/C12H23NO2/c1-12(2,3)15-9-11(14)13-10-7-5-4-6-8-10/h10H,4-9H2,1-3H3,(H,13,14). The fourth-order valence-corrected chi connectivity index (χ4v) is 1.80. The number of hydrogen-bond acceptors (Lipinski definition) is 2. The van der Waals surface area contributed by atoms with Gasteiger partial charge in [0.05, 0.1) is 5.60 Å². The van der Waals surface area contributed by atoms with Crippen LogP contribution < -0.4 is 5.32 Å². The fraction of sp³-hybridized carbons (Fsp3) is 0.917. The first kappa shape index (κ1) is 12.5. The Morgan fingerprint density at radius 3 is 2.40 bits per heavy atom. The smallest absolute Gasteiger partial charge is 0.246 e. The van der Waals surface area contributed by atoms with Crippen molar-refractivity contribution in [1.29, 1.82) is 0 Å². The summed E-state index contributed by atoms with van der Waals surface area (Å²) in [6, 6.07) is 0.384. The lowest BCUT2D eigenvalue weighted by Crippen LogP contribution is -2.39. The largest absolute Gasteiger partial charge is 0.366 e. The van der Waals surface area contributed by atoms with Crippen LogP contribution in [0.25, 0.3) is 0 Å². The summed E-state index contributed by atoms with van der Waals surface area (Å²) < 4.78 is 5.42. The Morgan fingerprint density at radius 2 is 1.87 bits per heavy atom. The summed E-state index contributed by atoms with van der Waals surface area (Å²) in [6.07, 6.45) is 6.05. The molecule has 0 aliphatic heterocycles. The maximum absolute atomic E-state index is 11.5. The lowest BCUT2D eigenvalue weighted by atomic mass is 9.95. The van der Waals surface area contributed by atoms with E-state index in [1.165, 1.54) is 19.3 Å². The van der Waals surface area contributed by atoms with Gasteiger partial charge in [0.1, 0.15) is 6.61 Å². The molecule has 1 saturated carbocycles. The number of carbonyl (C=O) groups is 1. The quantitative estimate of drug-likeness (QED) is 0.781. The van der Waals surface area contributed by atoms with Gasteiger partial charge in [0.25, 0.3) is 0 Å². The highest BCUT2D eigenvalue weighted by molar-refractivity contribution is 5.77. The minimum atomic E-state index is -0.232. The van der Waals surface area contributed by atoms with Crippen LogP contribution in [0.3, 0.4) is 0 Å². The molecule has 0 radical (unpaired) electrons. The van der Waals surface area contributed by atoms with Crippen LogP contribution in [0.4, 0.5) is 0 Å². The van der Waals surface area contributed by atoms with E-state index in [1.807, 2.05) is 20.8 Å². The lowest BCUT2D eigenvalue weighted by molar-refractivity contribution is -0.131. The molecule has 0 aromatic rings. The van der Waals surface area contributed by atoms with Crippen molar-refractivity contribution in [2.45, 2.75) is 64.5 Å². The Kier molecular flexibility index (Phi) is 4.58. The van der Waals surface area contributed by atoms with Gasteiger partial charge in [-0.1, -0.05) is 19.3 Å². The zero-order valence-corrected chi connectivity index (χ0v) is 10.1. The molecular formula is C12H23NO2. The SMILES string of the molecule is CC(C)(C)OCC(=O)NC1CCCCC1. The summed E-state index contributed by atoms with van der Waals surface area (Å²) in [7, 11) is 0. The third kappa shape index (κ3) is 5.78. The number of rotatable bonds is 3. The van der Waals surface area contributed by atoms with Crippen LogP contribution >= 0.6 is 0 Å². The molecular weight excluding hydrogens is 190 g/mol. The van der Waals surface area contributed by atoms with Crippen LogP contribution in [0, 0.1) is 0 Å². The first-order valence-electron chi connectivity index (χ1n) is 5.91. The van der Waals surface area contributed by atoms with Crippen molar-refractivity contribution in [2.75, 3.05) is 6.61 Å². The minimum Gasteiger partial charge on any atom is -0.366 e. The third-order valence-electron chi connectivity index (χ3n) is 2.61. The van der Waals surface area contributed by atoms with E-state index in [2.05, 4.69) is 5.32 Å². The highest BCUT2D eigenvalue weighted by Crippen LogP contribution is 2.17. The van der Waals surface area contributed by atoms with Crippen molar-refractivity contribution in [3.05, 3.63) is 0 Å². The summed E-state index contributed by atoms with van der Waals surface area (Å²) in [4.78, 5) is 11.5. The van der Waals surface area contributed by atoms with Gasteiger partial charge < -0.3 is 10.1 Å². The molecule has 1 aliphatic rings. The molecule has 0 bridgehead atoms. The third-order valence-corrected chi connectivity index (χ3v) is 2.61.